The summed E-state index contributed by atoms with van der Waals surface area (Å²) >= 11 is 0. The number of hydrogen-bond donors (Lipinski definition) is 0. The summed E-state index contributed by atoms with van der Waals surface area (Å²) in [6.07, 6.45) is -5.41. The molecule has 4 nitrogen and oxygen atoms in total. The second-order valence-corrected chi connectivity index (χ2v) is 2.87. The van der Waals surface area contributed by atoms with Gasteiger partial charge in [-0.3, -0.25) is 14.9 Å². The van der Waals surface area contributed by atoms with Crippen LogP contribution in [0.25, 0.3) is 0 Å². The van der Waals surface area contributed by atoms with Crippen molar-refractivity contribution in [2.75, 3.05) is 0 Å². The third-order valence-electron chi connectivity index (χ3n) is 1.74. The highest BCUT2D eigenvalue weighted by atomic mass is 19.4. The van der Waals surface area contributed by atoms with Crippen LogP contribution in [-0.4, -0.2) is 16.9 Å². The van der Waals surface area contributed by atoms with E-state index in [-0.39, 0.29) is 12.1 Å². The number of hydrogen-bond acceptors (Lipinski definition) is 3. The third-order valence-corrected chi connectivity index (χ3v) is 1.74. The number of benzene rings is 1. The summed E-state index contributed by atoms with van der Waals surface area (Å²) in [4.78, 5) is 19.6. The summed E-state index contributed by atoms with van der Waals surface area (Å²) in [5.41, 5.74) is -2.98. The predicted octanol–water partition coefficient (Wildman–Crippen LogP) is 2.62. The molecular weight excluding hydrogens is 253 g/mol. The van der Waals surface area contributed by atoms with Crippen molar-refractivity contribution in [1.29, 1.82) is 0 Å². The lowest BCUT2D eigenvalue weighted by Crippen LogP contribution is -2.24. The van der Waals surface area contributed by atoms with E-state index < -0.39 is 39.8 Å². The smallest absolute Gasteiger partial charge is 0.284 e. The van der Waals surface area contributed by atoms with E-state index in [1.165, 1.54) is 0 Å². The van der Waals surface area contributed by atoms with Gasteiger partial charge in [0.1, 0.15) is 5.56 Å². The Bertz CT molecular complexity index is 497. The Morgan fingerprint density at radius 1 is 1.18 bits per heavy atom. The minimum Gasteiger partial charge on any atom is -0.284 e. The molecule has 0 aromatic heterocycles. The molecule has 0 saturated carbocycles. The van der Waals surface area contributed by atoms with Gasteiger partial charge in [-0.1, -0.05) is 0 Å². The summed E-state index contributed by atoms with van der Waals surface area (Å²) < 4.78 is 61.3. The van der Waals surface area contributed by atoms with E-state index >= 15 is 0 Å². The Hall–Kier alpha value is -2.06. The maximum Gasteiger partial charge on any atom is 0.455 e. The quantitative estimate of drug-likeness (QED) is 0.353. The molecule has 0 bridgehead atoms. The molecule has 0 amide bonds. The van der Waals surface area contributed by atoms with Crippen molar-refractivity contribution in [2.24, 2.45) is 0 Å². The first-order valence-corrected chi connectivity index (χ1v) is 3.89. The zero-order valence-corrected chi connectivity index (χ0v) is 7.72. The van der Waals surface area contributed by atoms with Gasteiger partial charge in [0, 0.05) is 0 Å². The lowest BCUT2D eigenvalue weighted by Gasteiger charge is -2.06. The molecule has 1 aromatic carbocycles. The van der Waals surface area contributed by atoms with E-state index in [2.05, 4.69) is 0 Å². The number of ketones is 1. The standard InChI is InChI=1S/C8H2F5NO3/c9-4-1-3(7(15)8(11,12)13)6(14(16)17)2-5(4)10/h1-2H. The molecule has 0 heterocycles. The third kappa shape index (κ3) is 2.55. The maximum absolute atomic E-state index is 12.7. The fourth-order valence-corrected chi connectivity index (χ4v) is 1.02. The van der Waals surface area contributed by atoms with Crippen LogP contribution in [0.5, 0.6) is 0 Å². The van der Waals surface area contributed by atoms with Crippen LogP contribution in [0.15, 0.2) is 12.1 Å². The van der Waals surface area contributed by atoms with Crippen molar-refractivity contribution in [3.8, 4) is 0 Å². The van der Waals surface area contributed by atoms with E-state index in [0.717, 1.165) is 0 Å². The molecule has 0 unspecified atom stereocenters. The average Bonchev–Trinajstić information content (AvgIpc) is 2.18. The van der Waals surface area contributed by atoms with Gasteiger partial charge in [0.05, 0.1) is 11.0 Å². The van der Waals surface area contributed by atoms with E-state index in [4.69, 9.17) is 0 Å². The van der Waals surface area contributed by atoms with Gasteiger partial charge in [0.15, 0.2) is 11.6 Å². The van der Waals surface area contributed by atoms with Crippen LogP contribution in [0.2, 0.25) is 0 Å². The van der Waals surface area contributed by atoms with Gasteiger partial charge in [0.2, 0.25) is 0 Å². The molecule has 0 saturated heterocycles. The molecule has 0 fully saturated rings. The Kier molecular flexibility index (Phi) is 3.12. The van der Waals surface area contributed by atoms with Crippen molar-refractivity contribution in [3.05, 3.63) is 39.4 Å². The van der Waals surface area contributed by atoms with Crippen molar-refractivity contribution >= 4 is 11.5 Å². The van der Waals surface area contributed by atoms with Gasteiger partial charge in [-0.25, -0.2) is 8.78 Å². The first-order chi connectivity index (χ1) is 7.64. The summed E-state index contributed by atoms with van der Waals surface area (Å²) in [6.45, 7) is 0. The Morgan fingerprint density at radius 3 is 2.06 bits per heavy atom. The normalized spacial score (nSPS) is 11.4. The Labute approximate surface area is 89.8 Å². The number of rotatable bonds is 2. The van der Waals surface area contributed by atoms with Crippen LogP contribution in [0, 0.1) is 21.7 Å². The summed E-state index contributed by atoms with van der Waals surface area (Å²) in [5, 5.41) is 10.3. The van der Waals surface area contributed by atoms with Crippen LogP contribution in [0.3, 0.4) is 0 Å². The number of alkyl halides is 3. The second kappa shape index (κ2) is 4.07. The Morgan fingerprint density at radius 2 is 1.65 bits per heavy atom. The molecule has 0 atom stereocenters. The average molecular weight is 255 g/mol. The molecule has 92 valence electrons. The first-order valence-electron chi connectivity index (χ1n) is 3.89. The second-order valence-electron chi connectivity index (χ2n) is 2.87. The number of carbonyl (C=O) groups is 1. The van der Waals surface area contributed by atoms with Crippen LogP contribution in [-0.2, 0) is 0 Å². The number of nitro groups is 1. The van der Waals surface area contributed by atoms with Crippen LogP contribution in [0.4, 0.5) is 27.6 Å². The lowest BCUT2D eigenvalue weighted by atomic mass is 10.1. The summed E-state index contributed by atoms with van der Waals surface area (Å²) in [5.74, 6) is -6.10. The zero-order valence-electron chi connectivity index (χ0n) is 7.72. The molecule has 9 heteroatoms. The molecule has 0 aliphatic heterocycles. The van der Waals surface area contributed by atoms with Crippen molar-refractivity contribution < 1.29 is 31.7 Å². The molecule has 1 aromatic rings. The van der Waals surface area contributed by atoms with E-state index in [0.29, 0.717) is 0 Å². The van der Waals surface area contributed by atoms with Gasteiger partial charge in [-0.15, -0.1) is 0 Å². The molecule has 1 rings (SSSR count). The van der Waals surface area contributed by atoms with E-state index in [1.54, 1.807) is 0 Å². The molecule has 0 radical (unpaired) electrons. The number of nitrogens with zero attached hydrogens (tertiary/aromatic N) is 1. The van der Waals surface area contributed by atoms with Gasteiger partial charge < -0.3 is 0 Å². The highest BCUT2D eigenvalue weighted by Crippen LogP contribution is 2.29. The number of nitro benzene ring substituents is 1. The van der Waals surface area contributed by atoms with Crippen LogP contribution in [0.1, 0.15) is 10.4 Å². The fourth-order valence-electron chi connectivity index (χ4n) is 1.02. The maximum atomic E-state index is 12.7. The first kappa shape index (κ1) is 13.0. The highest BCUT2D eigenvalue weighted by molar-refractivity contribution is 6.03. The fraction of sp³-hybridized carbons (Fsp3) is 0.125. The van der Waals surface area contributed by atoms with Crippen molar-refractivity contribution in [1.82, 2.24) is 0 Å². The molecule has 0 aliphatic rings. The van der Waals surface area contributed by atoms with Crippen molar-refractivity contribution in [3.63, 3.8) is 0 Å². The minimum absolute atomic E-state index is 0.0751. The monoisotopic (exact) mass is 255 g/mol. The van der Waals surface area contributed by atoms with Gasteiger partial charge >= 0.3 is 6.18 Å². The Balaban J connectivity index is 3.47. The van der Waals surface area contributed by atoms with Crippen LogP contribution >= 0.6 is 0 Å². The number of carbonyl (C=O) groups excluding carboxylic acids is 1. The zero-order chi connectivity index (χ0) is 13.4. The molecule has 0 spiro atoms. The lowest BCUT2D eigenvalue weighted by molar-refractivity contribution is -0.385. The molecule has 17 heavy (non-hydrogen) atoms. The molecular formula is C8H2F5NO3. The summed E-state index contributed by atoms with van der Waals surface area (Å²) in [6, 6.07) is -0.225. The van der Waals surface area contributed by atoms with E-state index in [9.17, 15) is 36.9 Å². The number of Topliss-reactive ketones (excluding diaryl/α,β-unsaturated/α-hetero) is 1. The molecule has 0 aliphatic carbocycles. The highest BCUT2D eigenvalue weighted by Gasteiger charge is 2.43. The van der Waals surface area contributed by atoms with Gasteiger partial charge in [-0.05, 0) is 6.07 Å². The predicted molar refractivity (Wildman–Crippen MR) is 43.4 cm³/mol. The number of halogens is 5. The largest absolute Gasteiger partial charge is 0.455 e. The minimum atomic E-state index is -5.41. The molecule has 0 N–H and O–H groups in total. The van der Waals surface area contributed by atoms with Crippen LogP contribution < -0.4 is 0 Å². The van der Waals surface area contributed by atoms with E-state index in [1.807, 2.05) is 0 Å². The van der Waals surface area contributed by atoms with Crippen molar-refractivity contribution in [2.45, 2.75) is 6.18 Å². The topological polar surface area (TPSA) is 60.2 Å². The SMILES string of the molecule is O=C(c1cc(F)c(F)cc1[N+](=O)[O-])C(F)(F)F. The van der Waals surface area contributed by atoms with Gasteiger partial charge in [-0.2, -0.15) is 13.2 Å². The van der Waals surface area contributed by atoms with Gasteiger partial charge in [0.25, 0.3) is 11.5 Å². The summed E-state index contributed by atoms with van der Waals surface area (Å²) in [7, 11) is 0.